The van der Waals surface area contributed by atoms with Gasteiger partial charge in [-0.05, 0) is 67.0 Å². The second-order valence-electron chi connectivity index (χ2n) is 9.13. The number of anilines is 2. The molecule has 2 aromatic carbocycles. The number of nitrogens with one attached hydrogen (secondary N) is 1. The summed E-state index contributed by atoms with van der Waals surface area (Å²) in [6, 6.07) is 12.3. The largest absolute Gasteiger partial charge is 0.370 e. The fourth-order valence-corrected chi connectivity index (χ4v) is 5.86. The van der Waals surface area contributed by atoms with Gasteiger partial charge in [-0.2, -0.15) is 0 Å². The lowest BCUT2D eigenvalue weighted by Crippen LogP contribution is -2.43. The Hall–Kier alpha value is -2.81. The van der Waals surface area contributed by atoms with E-state index in [2.05, 4.69) is 46.7 Å². The molecule has 3 nitrogen and oxygen atoms in total. The minimum Gasteiger partial charge on any atom is -0.370 e. The molecule has 6 rings (SSSR count). The molecule has 2 aromatic rings. The summed E-state index contributed by atoms with van der Waals surface area (Å²) in [5.74, 6) is 2.28. The molecular weight excluding hydrogens is 356 g/mol. The normalized spacial score (nSPS) is 28.1. The second kappa shape index (κ2) is 6.35. The van der Waals surface area contributed by atoms with Gasteiger partial charge in [0.05, 0.1) is 0 Å². The summed E-state index contributed by atoms with van der Waals surface area (Å²) in [6.45, 7) is 4.37. The predicted octanol–water partition coefficient (Wildman–Crippen LogP) is 5.40. The molecule has 2 heterocycles. The first-order valence-corrected chi connectivity index (χ1v) is 10.8. The van der Waals surface area contributed by atoms with Gasteiger partial charge >= 0.3 is 0 Å². The van der Waals surface area contributed by atoms with E-state index < -0.39 is 0 Å². The van der Waals surface area contributed by atoms with E-state index in [9.17, 15) is 4.79 Å². The van der Waals surface area contributed by atoms with Gasteiger partial charge in [-0.3, -0.25) is 4.79 Å². The van der Waals surface area contributed by atoms with Crippen LogP contribution in [0.25, 0.3) is 0 Å². The maximum Gasteiger partial charge on any atom is 0.255 e. The molecule has 3 heteroatoms. The summed E-state index contributed by atoms with van der Waals surface area (Å²) in [6.07, 6.45) is 11.8. The molecule has 2 aliphatic heterocycles. The van der Waals surface area contributed by atoms with Gasteiger partial charge in [-0.15, -0.1) is 0 Å². The van der Waals surface area contributed by atoms with E-state index in [0.717, 1.165) is 24.3 Å². The molecule has 2 aliphatic carbocycles. The molecule has 4 atom stereocenters. The third kappa shape index (κ3) is 2.67. The van der Waals surface area contributed by atoms with Crippen LogP contribution in [-0.4, -0.2) is 19.0 Å². The number of amides is 1. The van der Waals surface area contributed by atoms with Gasteiger partial charge in [0.25, 0.3) is 5.91 Å². The molecular formula is C26H26N2O. The Bertz CT molecular complexity index is 998. The van der Waals surface area contributed by atoms with Crippen LogP contribution in [0.1, 0.15) is 51.7 Å². The molecule has 0 fully saturated rings. The van der Waals surface area contributed by atoms with Crippen molar-refractivity contribution >= 4 is 17.3 Å². The van der Waals surface area contributed by atoms with Crippen LogP contribution in [0.2, 0.25) is 0 Å². The van der Waals surface area contributed by atoms with Crippen molar-refractivity contribution < 1.29 is 4.79 Å². The van der Waals surface area contributed by atoms with Gasteiger partial charge in [-0.1, -0.05) is 42.0 Å². The lowest BCUT2D eigenvalue weighted by Gasteiger charge is -2.46. The Morgan fingerprint density at radius 2 is 1.52 bits per heavy atom. The number of hydrogen-bond donors (Lipinski definition) is 1. The van der Waals surface area contributed by atoms with Gasteiger partial charge < -0.3 is 10.2 Å². The Morgan fingerprint density at radius 1 is 0.931 bits per heavy atom. The first kappa shape index (κ1) is 17.1. The third-order valence-electron chi connectivity index (χ3n) is 7.26. The fourth-order valence-electron chi connectivity index (χ4n) is 5.86. The molecule has 4 aliphatic rings. The fraction of sp³-hybridized carbons (Fsp3) is 0.346. The number of rotatable bonds is 2. The minimum atomic E-state index is -0.0300. The van der Waals surface area contributed by atoms with Crippen molar-refractivity contribution in [3.05, 3.63) is 83.0 Å². The average molecular weight is 383 g/mol. The first-order valence-electron chi connectivity index (χ1n) is 10.8. The van der Waals surface area contributed by atoms with Crippen LogP contribution >= 0.6 is 0 Å². The predicted molar refractivity (Wildman–Crippen MR) is 118 cm³/mol. The summed E-state index contributed by atoms with van der Waals surface area (Å²) in [4.78, 5) is 15.5. The van der Waals surface area contributed by atoms with E-state index in [1.807, 2.05) is 31.2 Å². The van der Waals surface area contributed by atoms with Crippen molar-refractivity contribution in [2.75, 3.05) is 23.3 Å². The molecule has 0 radical (unpaired) electrons. The zero-order chi connectivity index (χ0) is 19.5. The lowest BCUT2D eigenvalue weighted by atomic mass is 9.75. The SMILES string of the molecule is Cc1ccc(C(=O)Nc2cc3c4c(c2)[C@@H]2C=CC[C@@H]2CN4C[C@H]2CC=C[C@@H]32)cc1. The molecule has 0 unspecified atom stereocenters. The van der Waals surface area contributed by atoms with Gasteiger partial charge in [0.1, 0.15) is 0 Å². The molecule has 0 spiro atoms. The van der Waals surface area contributed by atoms with Crippen LogP contribution in [0.15, 0.2) is 60.7 Å². The van der Waals surface area contributed by atoms with Crippen molar-refractivity contribution in [3.63, 3.8) is 0 Å². The summed E-state index contributed by atoms with van der Waals surface area (Å²) in [5.41, 5.74) is 7.07. The number of allylic oxidation sites excluding steroid dienone is 4. The number of carbonyl (C=O) groups excluding carboxylic acids is 1. The lowest BCUT2D eigenvalue weighted by molar-refractivity contribution is 0.102. The minimum absolute atomic E-state index is 0.0300. The van der Waals surface area contributed by atoms with Crippen molar-refractivity contribution in [1.29, 1.82) is 0 Å². The Balaban J connectivity index is 1.43. The average Bonchev–Trinajstić information content (AvgIpc) is 3.38. The summed E-state index contributed by atoms with van der Waals surface area (Å²) >= 11 is 0. The van der Waals surface area contributed by atoms with Crippen molar-refractivity contribution in [2.24, 2.45) is 11.8 Å². The van der Waals surface area contributed by atoms with Gasteiger partial charge in [0, 0.05) is 41.9 Å². The summed E-state index contributed by atoms with van der Waals surface area (Å²) in [7, 11) is 0. The molecule has 1 N–H and O–H groups in total. The van der Waals surface area contributed by atoms with Crippen molar-refractivity contribution in [2.45, 2.75) is 31.6 Å². The van der Waals surface area contributed by atoms with Crippen LogP contribution < -0.4 is 10.2 Å². The van der Waals surface area contributed by atoms with Crippen molar-refractivity contribution in [3.8, 4) is 0 Å². The van der Waals surface area contributed by atoms with Crippen LogP contribution in [0.5, 0.6) is 0 Å². The van der Waals surface area contributed by atoms with Crippen LogP contribution in [0, 0.1) is 18.8 Å². The van der Waals surface area contributed by atoms with E-state index >= 15 is 0 Å². The number of hydrogen-bond acceptors (Lipinski definition) is 2. The number of nitrogens with zero attached hydrogens (tertiary/aromatic N) is 1. The second-order valence-corrected chi connectivity index (χ2v) is 9.13. The smallest absolute Gasteiger partial charge is 0.255 e. The highest BCUT2D eigenvalue weighted by Crippen LogP contribution is 2.53. The van der Waals surface area contributed by atoms with Gasteiger partial charge in [-0.25, -0.2) is 0 Å². The topological polar surface area (TPSA) is 32.3 Å². The maximum absolute atomic E-state index is 12.9. The number of benzene rings is 2. The highest BCUT2D eigenvalue weighted by molar-refractivity contribution is 6.04. The standard InChI is InChI=1S/C26H26N2O/c1-16-8-10-17(11-9-16)26(29)27-20-12-23-21-6-2-4-18(21)14-28-15-19-5-3-7-22(19)24(13-20)25(23)28/h2-3,6-13,18-19,21-22H,4-5,14-15H2,1H3,(H,27,29)/t18-,19-,21-,22-/m1/s1. The molecule has 0 aromatic heterocycles. The molecule has 0 saturated heterocycles. The van der Waals surface area contributed by atoms with Gasteiger partial charge in [0.15, 0.2) is 0 Å². The molecule has 146 valence electrons. The van der Waals surface area contributed by atoms with Crippen LogP contribution in [0.3, 0.4) is 0 Å². The van der Waals surface area contributed by atoms with Crippen molar-refractivity contribution in [1.82, 2.24) is 0 Å². The number of fused-ring (bicyclic) bond motifs is 4. The molecule has 0 bridgehead atoms. The quantitative estimate of drug-likeness (QED) is 0.705. The highest BCUT2D eigenvalue weighted by Gasteiger charge is 2.42. The Kier molecular flexibility index (Phi) is 3.74. The number of aryl methyl sites for hydroxylation is 1. The van der Waals surface area contributed by atoms with Crippen LogP contribution in [0.4, 0.5) is 11.4 Å². The van der Waals surface area contributed by atoms with E-state index in [0.29, 0.717) is 29.2 Å². The first-order chi connectivity index (χ1) is 14.2. The van der Waals surface area contributed by atoms with E-state index in [4.69, 9.17) is 0 Å². The van der Waals surface area contributed by atoms with E-state index in [1.165, 1.54) is 29.7 Å². The zero-order valence-corrected chi connectivity index (χ0v) is 16.8. The highest BCUT2D eigenvalue weighted by atomic mass is 16.1. The summed E-state index contributed by atoms with van der Waals surface area (Å²) < 4.78 is 0. The van der Waals surface area contributed by atoms with Gasteiger partial charge in [0.2, 0.25) is 0 Å². The Labute approximate surface area is 172 Å². The van der Waals surface area contributed by atoms with E-state index in [1.54, 1.807) is 0 Å². The van der Waals surface area contributed by atoms with E-state index in [-0.39, 0.29) is 5.91 Å². The molecule has 1 amide bonds. The monoisotopic (exact) mass is 382 g/mol. The summed E-state index contributed by atoms with van der Waals surface area (Å²) in [5, 5.41) is 3.20. The molecule has 29 heavy (non-hydrogen) atoms. The maximum atomic E-state index is 12.9. The molecule has 0 saturated carbocycles. The number of carbonyl (C=O) groups is 1. The Morgan fingerprint density at radius 3 is 2.10 bits per heavy atom. The third-order valence-corrected chi connectivity index (χ3v) is 7.26. The zero-order valence-electron chi connectivity index (χ0n) is 16.8. The van der Waals surface area contributed by atoms with Crippen LogP contribution in [-0.2, 0) is 0 Å².